The number of nitrogens with zero attached hydrogens (tertiary/aromatic N) is 1. The Morgan fingerprint density at radius 1 is 1.33 bits per heavy atom. The van der Waals surface area contributed by atoms with Gasteiger partial charge in [0.2, 0.25) is 5.91 Å². The number of halogens is 1. The lowest BCUT2D eigenvalue weighted by Gasteiger charge is -2.35. The molecule has 0 saturated carbocycles. The van der Waals surface area contributed by atoms with E-state index in [0.29, 0.717) is 11.6 Å². The Bertz CT molecular complexity index is 468. The lowest BCUT2D eigenvalue weighted by atomic mass is 10.1. The minimum atomic E-state index is -0.0225. The minimum Gasteiger partial charge on any atom is -0.373 e. The second-order valence-electron chi connectivity index (χ2n) is 5.79. The first-order chi connectivity index (χ1) is 9.94. The summed E-state index contributed by atoms with van der Waals surface area (Å²) >= 11 is 5.87. The molecule has 1 heterocycles. The Labute approximate surface area is 131 Å². The molecule has 3 atom stereocenters. The van der Waals surface area contributed by atoms with E-state index in [0.717, 1.165) is 18.7 Å². The van der Waals surface area contributed by atoms with Crippen LogP contribution in [0.15, 0.2) is 24.3 Å². The molecule has 1 amide bonds. The number of amides is 1. The van der Waals surface area contributed by atoms with Crippen LogP contribution >= 0.6 is 11.6 Å². The highest BCUT2D eigenvalue weighted by Crippen LogP contribution is 2.16. The van der Waals surface area contributed by atoms with E-state index in [2.05, 4.69) is 10.2 Å². The smallest absolute Gasteiger partial charge is 0.234 e. The molecule has 0 spiro atoms. The lowest BCUT2D eigenvalue weighted by molar-refractivity contribution is -0.126. The van der Waals surface area contributed by atoms with Crippen molar-refractivity contribution >= 4 is 17.5 Å². The number of hydrogen-bond donors (Lipinski definition) is 1. The van der Waals surface area contributed by atoms with Crippen molar-refractivity contribution in [2.24, 2.45) is 0 Å². The summed E-state index contributed by atoms with van der Waals surface area (Å²) in [5.41, 5.74) is 1.05. The molecule has 0 aromatic heterocycles. The van der Waals surface area contributed by atoms with Crippen LogP contribution < -0.4 is 5.32 Å². The number of rotatable bonds is 4. The summed E-state index contributed by atoms with van der Waals surface area (Å²) in [6.07, 6.45) is 0.352. The van der Waals surface area contributed by atoms with Crippen molar-refractivity contribution in [1.29, 1.82) is 0 Å². The molecule has 1 aromatic carbocycles. The van der Waals surface area contributed by atoms with Crippen LogP contribution in [0, 0.1) is 0 Å². The highest BCUT2D eigenvalue weighted by atomic mass is 35.5. The van der Waals surface area contributed by atoms with E-state index in [4.69, 9.17) is 16.3 Å². The predicted octanol–water partition coefficient (Wildman–Crippen LogP) is 2.63. The number of ether oxygens (including phenoxy) is 1. The fourth-order valence-corrected chi connectivity index (χ4v) is 2.86. The number of carbonyl (C=O) groups is 1. The number of nitrogens with one attached hydrogen (secondary N) is 1. The summed E-state index contributed by atoms with van der Waals surface area (Å²) < 4.78 is 5.67. The summed E-state index contributed by atoms with van der Waals surface area (Å²) in [7, 11) is 0. The van der Waals surface area contributed by atoms with Crippen molar-refractivity contribution < 1.29 is 9.53 Å². The molecule has 0 radical (unpaired) electrons. The Morgan fingerprint density at radius 3 is 2.48 bits per heavy atom. The van der Waals surface area contributed by atoms with Crippen molar-refractivity contribution in [1.82, 2.24) is 10.2 Å². The molecule has 4 nitrogen and oxygen atoms in total. The van der Waals surface area contributed by atoms with Crippen molar-refractivity contribution in [3.8, 4) is 0 Å². The quantitative estimate of drug-likeness (QED) is 0.929. The summed E-state index contributed by atoms with van der Waals surface area (Å²) in [6, 6.07) is 7.53. The number of benzene rings is 1. The van der Waals surface area contributed by atoms with Gasteiger partial charge in [0.05, 0.1) is 24.8 Å². The average molecular weight is 311 g/mol. The molecule has 0 aliphatic carbocycles. The first kappa shape index (κ1) is 16.3. The van der Waals surface area contributed by atoms with Gasteiger partial charge in [-0.25, -0.2) is 0 Å². The van der Waals surface area contributed by atoms with Gasteiger partial charge in [0.15, 0.2) is 0 Å². The van der Waals surface area contributed by atoms with Gasteiger partial charge in [-0.15, -0.1) is 0 Å². The van der Waals surface area contributed by atoms with Gasteiger partial charge in [-0.05, 0) is 38.5 Å². The molecule has 5 heteroatoms. The standard InChI is InChI=1S/C16H23ClN2O2/c1-11-8-19(9-12(2)21-11)10-16(20)18-13(3)14-4-6-15(17)7-5-14/h4-7,11-13H,8-10H2,1-3H3,(H,18,20)/t11-,12-,13+/m1/s1. The molecule has 0 unspecified atom stereocenters. The van der Waals surface area contributed by atoms with E-state index in [9.17, 15) is 4.79 Å². The van der Waals surface area contributed by atoms with E-state index in [1.807, 2.05) is 45.0 Å². The normalized spacial score (nSPS) is 24.6. The molecule has 1 aromatic rings. The van der Waals surface area contributed by atoms with Crippen molar-refractivity contribution in [2.75, 3.05) is 19.6 Å². The van der Waals surface area contributed by atoms with Crippen LogP contribution in [0.5, 0.6) is 0 Å². The molecule has 1 aliphatic heterocycles. The van der Waals surface area contributed by atoms with Gasteiger partial charge in [-0.1, -0.05) is 23.7 Å². The van der Waals surface area contributed by atoms with Gasteiger partial charge in [0.25, 0.3) is 0 Å². The molecule has 116 valence electrons. The van der Waals surface area contributed by atoms with Gasteiger partial charge in [-0.2, -0.15) is 0 Å². The van der Waals surface area contributed by atoms with E-state index in [1.54, 1.807) is 0 Å². The predicted molar refractivity (Wildman–Crippen MR) is 84.5 cm³/mol. The first-order valence-electron chi connectivity index (χ1n) is 7.36. The largest absolute Gasteiger partial charge is 0.373 e. The molecule has 1 N–H and O–H groups in total. The van der Waals surface area contributed by atoms with Crippen LogP contribution in [0.2, 0.25) is 5.02 Å². The third-order valence-electron chi connectivity index (χ3n) is 3.61. The van der Waals surface area contributed by atoms with Crippen LogP contribution in [0.1, 0.15) is 32.4 Å². The molecule has 21 heavy (non-hydrogen) atoms. The third-order valence-corrected chi connectivity index (χ3v) is 3.86. The topological polar surface area (TPSA) is 41.6 Å². The van der Waals surface area contributed by atoms with Gasteiger partial charge in [0, 0.05) is 18.1 Å². The Kier molecular flexibility index (Phi) is 5.62. The fraction of sp³-hybridized carbons (Fsp3) is 0.562. The van der Waals surface area contributed by atoms with Crippen LogP contribution in [0.4, 0.5) is 0 Å². The minimum absolute atomic E-state index is 0.0225. The Hall–Kier alpha value is -1.10. The summed E-state index contributed by atoms with van der Waals surface area (Å²) in [6.45, 7) is 8.07. The van der Waals surface area contributed by atoms with E-state index in [-0.39, 0.29) is 24.2 Å². The molecule has 2 rings (SSSR count). The van der Waals surface area contributed by atoms with E-state index >= 15 is 0 Å². The van der Waals surface area contributed by atoms with Gasteiger partial charge < -0.3 is 10.1 Å². The Morgan fingerprint density at radius 2 is 1.90 bits per heavy atom. The zero-order valence-corrected chi connectivity index (χ0v) is 13.6. The van der Waals surface area contributed by atoms with Crippen LogP contribution in [-0.2, 0) is 9.53 Å². The monoisotopic (exact) mass is 310 g/mol. The molecule has 1 saturated heterocycles. The molecule has 0 bridgehead atoms. The number of morpholine rings is 1. The average Bonchev–Trinajstić information content (AvgIpc) is 2.37. The summed E-state index contributed by atoms with van der Waals surface area (Å²) in [5, 5.41) is 3.73. The van der Waals surface area contributed by atoms with Crippen LogP contribution in [0.25, 0.3) is 0 Å². The van der Waals surface area contributed by atoms with Crippen molar-refractivity contribution in [3.05, 3.63) is 34.9 Å². The second-order valence-corrected chi connectivity index (χ2v) is 6.23. The molecule has 1 aliphatic rings. The molecule has 1 fully saturated rings. The second kappa shape index (κ2) is 7.25. The van der Waals surface area contributed by atoms with Crippen molar-refractivity contribution in [3.63, 3.8) is 0 Å². The number of carbonyl (C=O) groups excluding carboxylic acids is 1. The lowest BCUT2D eigenvalue weighted by Crippen LogP contribution is -2.49. The molecular formula is C16H23ClN2O2. The Balaban J connectivity index is 1.85. The molecular weight excluding hydrogens is 288 g/mol. The van der Waals surface area contributed by atoms with Crippen molar-refractivity contribution in [2.45, 2.75) is 39.0 Å². The zero-order valence-electron chi connectivity index (χ0n) is 12.8. The summed E-state index contributed by atoms with van der Waals surface area (Å²) in [5.74, 6) is 0.0405. The highest BCUT2D eigenvalue weighted by Gasteiger charge is 2.24. The van der Waals surface area contributed by atoms with E-state index in [1.165, 1.54) is 0 Å². The van der Waals surface area contributed by atoms with Crippen LogP contribution in [-0.4, -0.2) is 42.6 Å². The van der Waals surface area contributed by atoms with Gasteiger partial charge in [-0.3, -0.25) is 9.69 Å². The highest BCUT2D eigenvalue weighted by molar-refractivity contribution is 6.30. The summed E-state index contributed by atoms with van der Waals surface area (Å²) in [4.78, 5) is 14.3. The number of hydrogen-bond acceptors (Lipinski definition) is 3. The van der Waals surface area contributed by atoms with Crippen LogP contribution in [0.3, 0.4) is 0 Å². The third kappa shape index (κ3) is 4.99. The van der Waals surface area contributed by atoms with Gasteiger partial charge >= 0.3 is 0 Å². The maximum absolute atomic E-state index is 12.2. The van der Waals surface area contributed by atoms with E-state index < -0.39 is 0 Å². The zero-order chi connectivity index (χ0) is 15.4. The maximum atomic E-state index is 12.2. The maximum Gasteiger partial charge on any atom is 0.234 e. The van der Waals surface area contributed by atoms with Gasteiger partial charge in [0.1, 0.15) is 0 Å². The SMILES string of the molecule is C[C@@H]1CN(CC(=O)N[C@@H](C)c2ccc(Cl)cc2)C[C@@H](C)O1. The first-order valence-corrected chi connectivity index (χ1v) is 7.74. The fourth-order valence-electron chi connectivity index (χ4n) is 2.74.